The number of nitrogen functional groups attached to an aromatic ring is 1. The first-order chi connectivity index (χ1) is 13.4. The van der Waals surface area contributed by atoms with Gasteiger partial charge in [-0.1, -0.05) is 41.5 Å². The lowest BCUT2D eigenvalue weighted by molar-refractivity contribution is 0.677. The van der Waals surface area contributed by atoms with E-state index in [1.54, 1.807) is 0 Å². The number of rotatable bonds is 2. The van der Waals surface area contributed by atoms with Crippen LogP contribution in [0.1, 0.15) is 69.6 Å². The van der Waals surface area contributed by atoms with Gasteiger partial charge in [0.05, 0.1) is 23.3 Å². The van der Waals surface area contributed by atoms with Crippen molar-refractivity contribution in [2.45, 2.75) is 75.8 Å². The number of anilines is 1. The fourth-order valence-corrected chi connectivity index (χ4v) is 3.15. The molecule has 156 valence electrons. The second-order valence-electron chi connectivity index (χ2n) is 5.45. The lowest BCUT2D eigenvalue weighted by Crippen LogP contribution is -2.08. The van der Waals surface area contributed by atoms with Crippen molar-refractivity contribution in [3.05, 3.63) is 38.9 Å². The van der Waals surface area contributed by atoms with Crippen molar-refractivity contribution < 1.29 is 0 Å². The van der Waals surface area contributed by atoms with Crippen molar-refractivity contribution >= 4 is 32.9 Å². The number of nitrogens with zero attached hydrogens (tertiary/aromatic N) is 5. The number of pyridine rings is 1. The lowest BCUT2D eigenvalue weighted by atomic mass is 10.1. The number of aromatic nitrogens is 5. The maximum absolute atomic E-state index is 5.76. The van der Waals surface area contributed by atoms with Crippen molar-refractivity contribution in [3.63, 3.8) is 0 Å². The van der Waals surface area contributed by atoms with Crippen LogP contribution >= 0.6 is 15.9 Å². The minimum absolute atomic E-state index is 0.227. The highest BCUT2D eigenvalue weighted by Gasteiger charge is 2.16. The van der Waals surface area contributed by atoms with Crippen molar-refractivity contribution in [3.8, 4) is 0 Å². The Kier molecular flexibility index (Phi) is 11.5. The molecule has 0 spiro atoms. The maximum Gasteiger partial charge on any atom is 0.223 e. The molecule has 3 heterocycles. The van der Waals surface area contributed by atoms with Crippen molar-refractivity contribution in [1.82, 2.24) is 24.7 Å². The van der Waals surface area contributed by atoms with E-state index in [9.17, 15) is 0 Å². The fraction of sp³-hybridized carbons (Fsp3) is 0.524. The van der Waals surface area contributed by atoms with E-state index in [0.717, 1.165) is 22.4 Å². The largest absolute Gasteiger partial charge is 0.368 e. The van der Waals surface area contributed by atoms with Gasteiger partial charge in [0.15, 0.2) is 5.65 Å². The number of halogens is 1. The third kappa shape index (κ3) is 5.74. The van der Waals surface area contributed by atoms with E-state index in [1.807, 2.05) is 59.3 Å². The Bertz CT molecular complexity index is 886. The van der Waals surface area contributed by atoms with Crippen LogP contribution in [0.5, 0.6) is 0 Å². The van der Waals surface area contributed by atoms with Crippen LogP contribution in [-0.2, 0) is 6.54 Å². The van der Waals surface area contributed by atoms with Gasteiger partial charge in [0.25, 0.3) is 0 Å². The van der Waals surface area contributed by atoms with Crippen LogP contribution in [0.25, 0.3) is 11.0 Å². The van der Waals surface area contributed by atoms with E-state index in [1.165, 1.54) is 16.7 Å². The van der Waals surface area contributed by atoms with Crippen LogP contribution in [0.2, 0.25) is 0 Å². The smallest absolute Gasteiger partial charge is 0.223 e. The van der Waals surface area contributed by atoms with Crippen LogP contribution in [0.4, 0.5) is 5.95 Å². The average Bonchev–Trinajstić information content (AvgIpc) is 3.02. The van der Waals surface area contributed by atoms with Gasteiger partial charge >= 0.3 is 0 Å². The highest BCUT2D eigenvalue weighted by molar-refractivity contribution is 9.10. The van der Waals surface area contributed by atoms with Crippen molar-refractivity contribution in [2.24, 2.45) is 0 Å². The molecule has 0 aromatic carbocycles. The van der Waals surface area contributed by atoms with E-state index in [-0.39, 0.29) is 5.95 Å². The molecule has 3 aromatic heterocycles. The van der Waals surface area contributed by atoms with Crippen LogP contribution < -0.4 is 5.73 Å². The predicted octanol–water partition coefficient (Wildman–Crippen LogP) is 5.93. The fourth-order valence-electron chi connectivity index (χ4n) is 2.51. The van der Waals surface area contributed by atoms with Crippen molar-refractivity contribution in [1.29, 1.82) is 0 Å². The molecule has 0 atom stereocenters. The van der Waals surface area contributed by atoms with Gasteiger partial charge in [0, 0.05) is 6.20 Å². The molecule has 0 saturated heterocycles. The Morgan fingerprint density at radius 1 is 0.929 bits per heavy atom. The summed E-state index contributed by atoms with van der Waals surface area (Å²) in [6, 6.07) is 0. The molecule has 0 bridgehead atoms. The summed E-state index contributed by atoms with van der Waals surface area (Å²) in [4.78, 5) is 13.0. The van der Waals surface area contributed by atoms with Gasteiger partial charge < -0.3 is 5.73 Å². The van der Waals surface area contributed by atoms with E-state index in [4.69, 9.17) is 5.73 Å². The van der Waals surface area contributed by atoms with Crippen molar-refractivity contribution in [2.75, 3.05) is 5.73 Å². The average molecular weight is 451 g/mol. The molecular formula is C21H35BrN6. The summed E-state index contributed by atoms with van der Waals surface area (Å²) in [5.41, 5.74) is 12.0. The van der Waals surface area contributed by atoms with Crippen LogP contribution in [0.15, 0.2) is 10.8 Å². The molecule has 0 aliphatic carbocycles. The van der Waals surface area contributed by atoms with Gasteiger partial charge in [-0.05, 0) is 60.3 Å². The van der Waals surface area contributed by atoms with Crippen LogP contribution in [-0.4, -0.2) is 24.7 Å². The normalized spacial score (nSPS) is 9.54. The van der Waals surface area contributed by atoms with E-state index < -0.39 is 0 Å². The highest BCUT2D eigenvalue weighted by Crippen LogP contribution is 2.25. The SMILES string of the molecule is CC.CC.CC.Cc1cnc(Cn2nc(C)c3c(Br)nc(N)nc32)c(C)c1C. The second-order valence-corrected chi connectivity index (χ2v) is 6.20. The lowest BCUT2D eigenvalue weighted by Gasteiger charge is -2.10. The molecule has 0 unspecified atom stereocenters. The molecule has 0 amide bonds. The summed E-state index contributed by atoms with van der Waals surface area (Å²) >= 11 is 3.43. The molecule has 0 aliphatic heterocycles. The molecule has 28 heavy (non-hydrogen) atoms. The summed E-state index contributed by atoms with van der Waals surface area (Å²) < 4.78 is 2.50. The first-order valence-corrected chi connectivity index (χ1v) is 10.8. The third-order valence-electron chi connectivity index (χ3n) is 4.04. The molecule has 3 aromatic rings. The molecule has 0 aliphatic rings. The molecule has 6 nitrogen and oxygen atoms in total. The Balaban J connectivity index is 0.00000111. The monoisotopic (exact) mass is 450 g/mol. The van der Waals surface area contributed by atoms with Gasteiger partial charge in [0.1, 0.15) is 4.60 Å². The van der Waals surface area contributed by atoms with Gasteiger partial charge in [-0.3, -0.25) is 4.98 Å². The zero-order chi connectivity index (χ0) is 22.0. The molecule has 2 N–H and O–H groups in total. The highest BCUT2D eigenvalue weighted by atomic mass is 79.9. The zero-order valence-corrected chi connectivity index (χ0v) is 20.6. The minimum atomic E-state index is 0.227. The van der Waals surface area contributed by atoms with Gasteiger partial charge in [-0.25, -0.2) is 9.67 Å². The molecule has 3 rings (SSSR count). The predicted molar refractivity (Wildman–Crippen MR) is 124 cm³/mol. The number of hydrogen-bond acceptors (Lipinski definition) is 5. The van der Waals surface area contributed by atoms with Gasteiger partial charge in [0.2, 0.25) is 5.95 Å². The van der Waals surface area contributed by atoms with E-state index >= 15 is 0 Å². The molecule has 7 heteroatoms. The number of hydrogen-bond donors (Lipinski definition) is 1. The first kappa shape index (κ1) is 26.0. The van der Waals surface area contributed by atoms with Gasteiger partial charge in [-0.2, -0.15) is 10.1 Å². The Morgan fingerprint density at radius 3 is 2.07 bits per heavy atom. The first-order valence-electron chi connectivity index (χ1n) is 9.96. The number of nitrogens with two attached hydrogens (primary N) is 1. The third-order valence-corrected chi connectivity index (χ3v) is 4.61. The summed E-state index contributed by atoms with van der Waals surface area (Å²) in [6.45, 7) is 20.8. The van der Waals surface area contributed by atoms with Crippen LogP contribution in [0.3, 0.4) is 0 Å². The minimum Gasteiger partial charge on any atom is -0.368 e. The van der Waals surface area contributed by atoms with E-state index in [0.29, 0.717) is 11.1 Å². The molecule has 0 saturated carbocycles. The summed E-state index contributed by atoms with van der Waals surface area (Å²) in [6.07, 6.45) is 1.90. The molecule has 0 radical (unpaired) electrons. The Labute approximate surface area is 178 Å². The summed E-state index contributed by atoms with van der Waals surface area (Å²) in [5, 5.41) is 5.45. The Hall–Kier alpha value is -2.02. The van der Waals surface area contributed by atoms with Crippen LogP contribution in [0, 0.1) is 27.7 Å². The number of fused-ring (bicyclic) bond motifs is 1. The zero-order valence-electron chi connectivity index (χ0n) is 19.0. The topological polar surface area (TPSA) is 82.5 Å². The quantitative estimate of drug-likeness (QED) is 0.489. The van der Waals surface area contributed by atoms with E-state index in [2.05, 4.69) is 56.8 Å². The Morgan fingerprint density at radius 2 is 1.50 bits per heavy atom. The summed E-state index contributed by atoms with van der Waals surface area (Å²) in [7, 11) is 0. The van der Waals surface area contributed by atoms with Gasteiger partial charge in [-0.15, -0.1) is 0 Å². The standard InChI is InChI=1S/C15H17BrN6.3C2H6/c1-7-5-18-11(9(3)8(7)2)6-22-14-12(10(4)21-22)13(16)19-15(17)20-14;3*1-2/h5H,6H2,1-4H3,(H2,17,19,20);3*1-2H3. The summed E-state index contributed by atoms with van der Waals surface area (Å²) in [5.74, 6) is 0.227. The number of aryl methyl sites for hydroxylation is 2. The molecule has 0 fully saturated rings. The second kappa shape index (κ2) is 12.4. The maximum atomic E-state index is 5.76. The molecular weight excluding hydrogens is 416 g/mol.